The fourth-order valence-electron chi connectivity index (χ4n) is 3.95. The minimum atomic E-state index is -1.03. The second-order valence-corrected chi connectivity index (χ2v) is 10.5. The van der Waals surface area contributed by atoms with Gasteiger partial charge in [-0.1, -0.05) is 82.4 Å². The molecule has 0 spiro atoms. The van der Waals surface area contributed by atoms with Crippen molar-refractivity contribution in [3.63, 3.8) is 0 Å². The summed E-state index contributed by atoms with van der Waals surface area (Å²) >= 11 is 6.51. The number of carboxylic acid groups (broad SMARTS) is 1. The number of rotatable bonds is 16. The van der Waals surface area contributed by atoms with E-state index in [1.807, 2.05) is 32.0 Å². The Morgan fingerprint density at radius 2 is 1.80 bits per heavy atom. The van der Waals surface area contributed by atoms with Crippen molar-refractivity contribution >= 4 is 46.3 Å². The number of carbonyl (C=O) groups is 2. The third-order valence-corrected chi connectivity index (χ3v) is 7.19. The van der Waals surface area contributed by atoms with Gasteiger partial charge in [0.15, 0.2) is 11.5 Å². The first-order chi connectivity index (χ1) is 16.8. The fraction of sp³-hybridized carbons (Fsp3) is 0.593. The number of carboxylic acids is 1. The van der Waals surface area contributed by atoms with E-state index < -0.39 is 12.0 Å². The maximum absolute atomic E-state index is 13.0. The van der Waals surface area contributed by atoms with Gasteiger partial charge in [-0.15, -0.1) is 0 Å². The molecule has 1 fully saturated rings. The van der Waals surface area contributed by atoms with Gasteiger partial charge < -0.3 is 14.6 Å². The van der Waals surface area contributed by atoms with E-state index in [4.69, 9.17) is 21.7 Å². The molecule has 1 heterocycles. The van der Waals surface area contributed by atoms with Crippen LogP contribution < -0.4 is 9.47 Å². The molecule has 2 rings (SSSR count). The lowest BCUT2D eigenvalue weighted by Crippen LogP contribution is -2.43. The number of carbonyl (C=O) groups excluding carboxylic acids is 1. The highest BCUT2D eigenvalue weighted by Crippen LogP contribution is 2.37. The number of hydrogen-bond donors (Lipinski definition) is 1. The maximum Gasteiger partial charge on any atom is 0.326 e. The quantitative estimate of drug-likeness (QED) is 0.142. The van der Waals surface area contributed by atoms with Gasteiger partial charge in [-0.2, -0.15) is 0 Å². The molecule has 2 atom stereocenters. The Kier molecular flexibility index (Phi) is 12.6. The molecule has 194 valence electrons. The number of nitrogens with zero attached hydrogens (tertiary/aromatic N) is 1. The number of unbranched alkanes of at least 4 members (excludes halogenated alkanes) is 5. The molecule has 1 amide bonds. The summed E-state index contributed by atoms with van der Waals surface area (Å²) in [5.74, 6) is -0.0851. The SMILES string of the molecule is CCCCCCC[C@@H](C)Oc1ccc(/C=C2/SC(=S)N([C@H](CCCC)C(=O)O)C2=O)cc1OCC. The molecule has 0 aromatic heterocycles. The summed E-state index contributed by atoms with van der Waals surface area (Å²) in [5.41, 5.74) is 0.772. The van der Waals surface area contributed by atoms with Crippen LogP contribution in [-0.2, 0) is 9.59 Å². The molecule has 1 aromatic rings. The predicted molar refractivity (Wildman–Crippen MR) is 147 cm³/mol. The van der Waals surface area contributed by atoms with Gasteiger partial charge in [0.1, 0.15) is 10.4 Å². The van der Waals surface area contributed by atoms with E-state index in [0.29, 0.717) is 35.9 Å². The molecular formula is C27H39NO5S2. The zero-order valence-corrected chi connectivity index (χ0v) is 23.0. The number of thiocarbonyl (C=S) groups is 1. The van der Waals surface area contributed by atoms with Crippen molar-refractivity contribution in [3.8, 4) is 11.5 Å². The minimum Gasteiger partial charge on any atom is -0.490 e. The topological polar surface area (TPSA) is 76.1 Å². The van der Waals surface area contributed by atoms with Gasteiger partial charge in [0, 0.05) is 0 Å². The number of hydrogen-bond acceptors (Lipinski definition) is 6. The summed E-state index contributed by atoms with van der Waals surface area (Å²) in [6, 6.07) is 4.66. The van der Waals surface area contributed by atoms with Crippen LogP contribution in [0.15, 0.2) is 23.1 Å². The average molecular weight is 522 g/mol. The first-order valence-electron chi connectivity index (χ1n) is 12.8. The predicted octanol–water partition coefficient (Wildman–Crippen LogP) is 7.06. The number of aliphatic carboxylic acids is 1. The summed E-state index contributed by atoms with van der Waals surface area (Å²) < 4.78 is 12.3. The number of ether oxygens (including phenoxy) is 2. The number of thioether (sulfide) groups is 1. The Bertz CT molecular complexity index is 902. The van der Waals surface area contributed by atoms with Gasteiger partial charge in [-0.05, 0) is 56.9 Å². The van der Waals surface area contributed by atoms with Crippen LogP contribution in [0.4, 0.5) is 0 Å². The Hall–Kier alpha value is -2.06. The number of amides is 1. The summed E-state index contributed by atoms with van der Waals surface area (Å²) in [7, 11) is 0. The third kappa shape index (κ3) is 8.83. The molecule has 1 aliphatic rings. The van der Waals surface area contributed by atoms with E-state index in [0.717, 1.165) is 36.6 Å². The van der Waals surface area contributed by atoms with Crippen LogP contribution in [0.1, 0.15) is 91.0 Å². The molecule has 1 N–H and O–H groups in total. The molecule has 0 radical (unpaired) electrons. The molecule has 1 aliphatic heterocycles. The Balaban J connectivity index is 2.14. The molecule has 1 saturated heterocycles. The van der Waals surface area contributed by atoms with E-state index in [1.165, 1.54) is 30.6 Å². The van der Waals surface area contributed by atoms with Gasteiger partial charge in [0.25, 0.3) is 5.91 Å². The van der Waals surface area contributed by atoms with E-state index in [2.05, 4.69) is 13.8 Å². The standard InChI is InChI=1S/C27H39NO5S2/c1-5-8-10-11-12-13-19(4)33-22-16-15-20(17-23(22)32-7-3)18-24-25(29)28(27(34)35-24)21(26(30)31)14-9-6-2/h15-19,21H,5-14H2,1-4H3,(H,30,31)/b24-18+/t19-,21-/m1/s1. The highest BCUT2D eigenvalue weighted by Gasteiger charge is 2.40. The van der Waals surface area contributed by atoms with Gasteiger partial charge in [-0.3, -0.25) is 9.69 Å². The lowest BCUT2D eigenvalue weighted by atomic mass is 10.1. The normalized spacial score (nSPS) is 16.6. The van der Waals surface area contributed by atoms with Crippen molar-refractivity contribution in [2.24, 2.45) is 0 Å². The number of benzene rings is 1. The van der Waals surface area contributed by atoms with Crippen molar-refractivity contribution in [3.05, 3.63) is 28.7 Å². The zero-order valence-electron chi connectivity index (χ0n) is 21.4. The second kappa shape index (κ2) is 15.1. The molecule has 0 saturated carbocycles. The largest absolute Gasteiger partial charge is 0.490 e. The van der Waals surface area contributed by atoms with E-state index in [9.17, 15) is 14.7 Å². The Morgan fingerprint density at radius 1 is 1.09 bits per heavy atom. The molecule has 8 heteroatoms. The lowest BCUT2D eigenvalue weighted by Gasteiger charge is -2.22. The summed E-state index contributed by atoms with van der Waals surface area (Å²) in [4.78, 5) is 26.5. The van der Waals surface area contributed by atoms with Crippen LogP contribution >= 0.6 is 24.0 Å². The monoisotopic (exact) mass is 521 g/mol. The smallest absolute Gasteiger partial charge is 0.326 e. The molecule has 0 aliphatic carbocycles. The molecule has 1 aromatic carbocycles. The molecule has 0 bridgehead atoms. The molecule has 6 nitrogen and oxygen atoms in total. The average Bonchev–Trinajstić information content (AvgIpc) is 3.08. The minimum absolute atomic E-state index is 0.0778. The lowest BCUT2D eigenvalue weighted by molar-refractivity contribution is -0.145. The Morgan fingerprint density at radius 3 is 2.46 bits per heavy atom. The zero-order chi connectivity index (χ0) is 25.8. The van der Waals surface area contributed by atoms with Crippen molar-refractivity contribution in [2.75, 3.05) is 6.61 Å². The first-order valence-corrected chi connectivity index (χ1v) is 14.0. The van der Waals surface area contributed by atoms with Crippen molar-refractivity contribution in [1.82, 2.24) is 4.90 Å². The van der Waals surface area contributed by atoms with Crippen LogP contribution in [0.3, 0.4) is 0 Å². The van der Waals surface area contributed by atoms with Crippen molar-refractivity contribution in [2.45, 2.75) is 97.6 Å². The highest BCUT2D eigenvalue weighted by atomic mass is 32.2. The van der Waals surface area contributed by atoms with Crippen LogP contribution in [-0.4, -0.2) is 45.0 Å². The molecule has 0 unspecified atom stereocenters. The summed E-state index contributed by atoms with van der Waals surface area (Å²) in [6.07, 6.45) is 10.9. The molecular weight excluding hydrogens is 482 g/mol. The van der Waals surface area contributed by atoms with E-state index in [-0.39, 0.29) is 16.3 Å². The highest BCUT2D eigenvalue weighted by molar-refractivity contribution is 8.26. The Labute approximate surface area is 219 Å². The van der Waals surface area contributed by atoms with Gasteiger partial charge >= 0.3 is 5.97 Å². The van der Waals surface area contributed by atoms with Crippen LogP contribution in [0.2, 0.25) is 0 Å². The van der Waals surface area contributed by atoms with E-state index in [1.54, 1.807) is 6.08 Å². The van der Waals surface area contributed by atoms with Gasteiger partial charge in [0.2, 0.25) is 0 Å². The molecule has 35 heavy (non-hydrogen) atoms. The first kappa shape index (κ1) is 29.2. The van der Waals surface area contributed by atoms with Crippen molar-refractivity contribution < 1.29 is 24.2 Å². The summed E-state index contributed by atoms with van der Waals surface area (Å²) in [5, 5.41) is 9.65. The maximum atomic E-state index is 13.0. The fourth-order valence-corrected chi connectivity index (χ4v) is 5.31. The van der Waals surface area contributed by atoms with Gasteiger partial charge in [0.05, 0.1) is 17.6 Å². The van der Waals surface area contributed by atoms with Crippen LogP contribution in [0.25, 0.3) is 6.08 Å². The van der Waals surface area contributed by atoms with Gasteiger partial charge in [-0.25, -0.2) is 4.79 Å². The van der Waals surface area contributed by atoms with Crippen molar-refractivity contribution in [1.29, 1.82) is 0 Å². The second-order valence-electron chi connectivity index (χ2n) is 8.82. The van der Waals surface area contributed by atoms with Crippen LogP contribution in [0.5, 0.6) is 11.5 Å². The van der Waals surface area contributed by atoms with E-state index >= 15 is 0 Å². The third-order valence-electron chi connectivity index (χ3n) is 5.86. The van der Waals surface area contributed by atoms with Crippen LogP contribution in [0, 0.1) is 0 Å². The summed E-state index contributed by atoms with van der Waals surface area (Å²) in [6.45, 7) is 8.69.